The van der Waals surface area contributed by atoms with Gasteiger partial charge in [-0.3, -0.25) is 0 Å². The van der Waals surface area contributed by atoms with Crippen molar-refractivity contribution in [2.24, 2.45) is 0 Å². The van der Waals surface area contributed by atoms with Crippen molar-refractivity contribution < 1.29 is 14.2 Å². The summed E-state index contributed by atoms with van der Waals surface area (Å²) in [7, 11) is 4.67. The van der Waals surface area contributed by atoms with E-state index in [1.165, 1.54) is 13.4 Å². The Hall–Kier alpha value is -1.53. The molecule has 0 N–H and O–H groups in total. The molecule has 5 nitrogen and oxygen atoms in total. The second kappa shape index (κ2) is 6.28. The molecule has 106 valence electrons. The van der Waals surface area contributed by atoms with Gasteiger partial charge in [-0.15, -0.1) is 0 Å². The number of ether oxygens (including phenoxy) is 3. The summed E-state index contributed by atoms with van der Waals surface area (Å²) >= 11 is 9.47. The topological polar surface area (TPSA) is 53.5 Å². The third kappa shape index (κ3) is 2.53. The summed E-state index contributed by atoms with van der Waals surface area (Å²) in [6, 6.07) is 3.63. The predicted molar refractivity (Wildman–Crippen MR) is 79.8 cm³/mol. The molecular formula is C13H12BrClN2O3. The van der Waals surface area contributed by atoms with Crippen molar-refractivity contribution in [3.05, 3.63) is 28.1 Å². The van der Waals surface area contributed by atoms with Crippen LogP contribution in [0.2, 0.25) is 5.15 Å². The van der Waals surface area contributed by atoms with Crippen LogP contribution in [-0.2, 0) is 0 Å². The van der Waals surface area contributed by atoms with Crippen LogP contribution >= 0.6 is 27.5 Å². The van der Waals surface area contributed by atoms with E-state index in [-0.39, 0.29) is 5.15 Å². The van der Waals surface area contributed by atoms with Crippen LogP contribution < -0.4 is 14.2 Å². The number of hydrogen-bond donors (Lipinski definition) is 0. The Kier molecular flexibility index (Phi) is 4.67. The molecule has 7 heteroatoms. The van der Waals surface area contributed by atoms with Gasteiger partial charge in [0.25, 0.3) is 0 Å². The first-order chi connectivity index (χ1) is 9.63. The standard InChI is InChI=1S/C13H12BrClN2O3/c1-18-8-5-4-7(11(19-2)9(8)14)10-12(20-3)13(15)17-6-16-10/h4-6H,1-3H3. The molecule has 20 heavy (non-hydrogen) atoms. The molecule has 0 aliphatic rings. The molecule has 2 rings (SSSR count). The van der Waals surface area contributed by atoms with E-state index in [1.54, 1.807) is 20.3 Å². The molecule has 0 saturated carbocycles. The Morgan fingerprint density at radius 3 is 2.30 bits per heavy atom. The SMILES string of the molecule is COc1ccc(-c2ncnc(Cl)c2OC)c(OC)c1Br. The number of nitrogens with zero attached hydrogens (tertiary/aromatic N) is 2. The third-order valence-electron chi connectivity index (χ3n) is 2.71. The van der Waals surface area contributed by atoms with Gasteiger partial charge in [-0.2, -0.15) is 0 Å². The Labute approximate surface area is 130 Å². The van der Waals surface area contributed by atoms with E-state index in [0.29, 0.717) is 27.4 Å². The van der Waals surface area contributed by atoms with Crippen molar-refractivity contribution in [2.45, 2.75) is 0 Å². The summed E-state index contributed by atoms with van der Waals surface area (Å²) in [4.78, 5) is 8.12. The maximum absolute atomic E-state index is 6.02. The third-order valence-corrected chi connectivity index (χ3v) is 3.73. The minimum Gasteiger partial charge on any atom is -0.495 e. The summed E-state index contributed by atoms with van der Waals surface area (Å²) in [6.07, 6.45) is 1.37. The highest BCUT2D eigenvalue weighted by Crippen LogP contribution is 2.44. The number of benzene rings is 1. The molecule has 1 aromatic heterocycles. The Bertz CT molecular complexity index is 637. The molecule has 0 atom stereocenters. The maximum Gasteiger partial charge on any atom is 0.182 e. The summed E-state index contributed by atoms with van der Waals surface area (Å²) in [6.45, 7) is 0. The molecule has 2 aromatic rings. The largest absolute Gasteiger partial charge is 0.495 e. The second-order valence-electron chi connectivity index (χ2n) is 3.71. The summed E-state index contributed by atoms with van der Waals surface area (Å²) in [5.74, 6) is 1.63. The van der Waals surface area contributed by atoms with Gasteiger partial charge in [0.05, 0.1) is 21.3 Å². The van der Waals surface area contributed by atoms with Crippen LogP contribution in [0.1, 0.15) is 0 Å². The molecule has 0 fully saturated rings. The average molecular weight is 360 g/mol. The van der Waals surface area contributed by atoms with Gasteiger partial charge in [0, 0.05) is 5.56 Å². The van der Waals surface area contributed by atoms with Crippen LogP contribution in [0.15, 0.2) is 22.9 Å². The molecular weight excluding hydrogens is 348 g/mol. The summed E-state index contributed by atoms with van der Waals surface area (Å²) in [5.41, 5.74) is 1.27. The van der Waals surface area contributed by atoms with Gasteiger partial charge in [-0.1, -0.05) is 11.6 Å². The van der Waals surface area contributed by atoms with Crippen molar-refractivity contribution >= 4 is 27.5 Å². The van der Waals surface area contributed by atoms with Gasteiger partial charge in [0.15, 0.2) is 10.9 Å². The minimum atomic E-state index is 0.242. The van der Waals surface area contributed by atoms with Crippen LogP contribution in [-0.4, -0.2) is 31.3 Å². The molecule has 0 saturated heterocycles. The van der Waals surface area contributed by atoms with E-state index in [4.69, 9.17) is 25.8 Å². The minimum absolute atomic E-state index is 0.242. The lowest BCUT2D eigenvalue weighted by Gasteiger charge is -2.15. The van der Waals surface area contributed by atoms with E-state index >= 15 is 0 Å². The van der Waals surface area contributed by atoms with Crippen molar-refractivity contribution in [1.82, 2.24) is 9.97 Å². The van der Waals surface area contributed by atoms with Gasteiger partial charge in [-0.25, -0.2) is 9.97 Å². The number of methoxy groups -OCH3 is 3. The van der Waals surface area contributed by atoms with Crippen LogP contribution in [0.3, 0.4) is 0 Å². The molecule has 0 aliphatic heterocycles. The molecule has 0 unspecified atom stereocenters. The monoisotopic (exact) mass is 358 g/mol. The number of halogens is 2. The summed E-state index contributed by atoms with van der Waals surface area (Å²) in [5, 5.41) is 0.242. The van der Waals surface area contributed by atoms with E-state index in [2.05, 4.69) is 25.9 Å². The van der Waals surface area contributed by atoms with Gasteiger partial charge >= 0.3 is 0 Å². The normalized spacial score (nSPS) is 10.2. The first-order valence-electron chi connectivity index (χ1n) is 5.59. The lowest BCUT2D eigenvalue weighted by Crippen LogP contribution is -1.98. The van der Waals surface area contributed by atoms with Crippen molar-refractivity contribution in [3.8, 4) is 28.5 Å². The van der Waals surface area contributed by atoms with Crippen molar-refractivity contribution in [2.75, 3.05) is 21.3 Å². The van der Waals surface area contributed by atoms with Crippen LogP contribution in [0, 0.1) is 0 Å². The van der Waals surface area contributed by atoms with Crippen LogP contribution in [0.5, 0.6) is 17.2 Å². The number of aromatic nitrogens is 2. The van der Waals surface area contributed by atoms with Gasteiger partial charge in [0.1, 0.15) is 28.0 Å². The summed E-state index contributed by atoms with van der Waals surface area (Å²) < 4.78 is 16.6. The zero-order valence-corrected chi connectivity index (χ0v) is 13.4. The first kappa shape index (κ1) is 14.9. The quantitative estimate of drug-likeness (QED) is 0.781. The second-order valence-corrected chi connectivity index (χ2v) is 4.86. The van der Waals surface area contributed by atoms with Gasteiger partial charge in [0.2, 0.25) is 0 Å². The Morgan fingerprint density at radius 1 is 1.00 bits per heavy atom. The van der Waals surface area contributed by atoms with E-state index < -0.39 is 0 Å². The van der Waals surface area contributed by atoms with Crippen LogP contribution in [0.4, 0.5) is 0 Å². The smallest absolute Gasteiger partial charge is 0.182 e. The molecule has 0 aliphatic carbocycles. The molecule has 1 aromatic carbocycles. The van der Waals surface area contributed by atoms with Gasteiger partial charge in [-0.05, 0) is 28.1 Å². The average Bonchev–Trinajstić information content (AvgIpc) is 2.46. The zero-order chi connectivity index (χ0) is 14.7. The molecule has 0 radical (unpaired) electrons. The Balaban J connectivity index is 2.70. The molecule has 1 heterocycles. The molecule has 0 spiro atoms. The first-order valence-corrected chi connectivity index (χ1v) is 6.76. The Morgan fingerprint density at radius 2 is 1.70 bits per heavy atom. The van der Waals surface area contributed by atoms with Crippen LogP contribution in [0.25, 0.3) is 11.3 Å². The zero-order valence-electron chi connectivity index (χ0n) is 11.1. The number of hydrogen-bond acceptors (Lipinski definition) is 5. The fourth-order valence-corrected chi connectivity index (χ4v) is 2.69. The van der Waals surface area contributed by atoms with E-state index in [9.17, 15) is 0 Å². The molecule has 0 bridgehead atoms. The highest BCUT2D eigenvalue weighted by molar-refractivity contribution is 9.10. The van der Waals surface area contributed by atoms with E-state index in [0.717, 1.165) is 5.56 Å². The highest BCUT2D eigenvalue weighted by Gasteiger charge is 2.20. The molecule has 0 amide bonds. The highest BCUT2D eigenvalue weighted by atomic mass is 79.9. The lowest BCUT2D eigenvalue weighted by molar-refractivity contribution is 0.389. The fraction of sp³-hybridized carbons (Fsp3) is 0.231. The lowest BCUT2D eigenvalue weighted by atomic mass is 10.1. The van der Waals surface area contributed by atoms with Crippen molar-refractivity contribution in [1.29, 1.82) is 0 Å². The number of rotatable bonds is 4. The van der Waals surface area contributed by atoms with E-state index in [1.807, 2.05) is 6.07 Å². The predicted octanol–water partition coefficient (Wildman–Crippen LogP) is 3.59. The maximum atomic E-state index is 6.02. The van der Waals surface area contributed by atoms with Crippen molar-refractivity contribution in [3.63, 3.8) is 0 Å². The fourth-order valence-electron chi connectivity index (χ4n) is 1.81. The van der Waals surface area contributed by atoms with Gasteiger partial charge < -0.3 is 14.2 Å².